The Balaban J connectivity index is 2.28. The Hall–Kier alpha value is -0.960. The van der Waals surface area contributed by atoms with Crippen LogP contribution >= 0.6 is 0 Å². The van der Waals surface area contributed by atoms with Crippen LogP contribution in [0, 0.1) is 5.92 Å². The maximum absolute atomic E-state index is 10.0. The lowest BCUT2D eigenvalue weighted by Crippen LogP contribution is -2.26. The molecule has 0 aliphatic heterocycles. The van der Waals surface area contributed by atoms with Crippen molar-refractivity contribution in [3.8, 4) is 0 Å². The zero-order valence-corrected chi connectivity index (χ0v) is 7.07. The van der Waals surface area contributed by atoms with Crippen LogP contribution in [0.4, 0.5) is 0 Å². The summed E-state index contributed by atoms with van der Waals surface area (Å²) >= 11 is 0. The van der Waals surface area contributed by atoms with E-state index >= 15 is 0 Å². The summed E-state index contributed by atoms with van der Waals surface area (Å²) in [6.07, 6.45) is 5.51. The molecule has 3 nitrogen and oxygen atoms in total. The highest BCUT2D eigenvalue weighted by molar-refractivity contribution is 5.06. The molecule has 1 N–H and O–H groups in total. The fourth-order valence-corrected chi connectivity index (χ4v) is 1.39. The van der Waals surface area contributed by atoms with E-state index in [2.05, 4.69) is 9.97 Å². The molecule has 3 heteroatoms. The molecular weight excluding hydrogens is 152 g/mol. The highest BCUT2D eigenvalue weighted by Gasteiger charge is 2.43. The van der Waals surface area contributed by atoms with Gasteiger partial charge in [0.2, 0.25) is 0 Å². The van der Waals surface area contributed by atoms with Crippen LogP contribution in [-0.4, -0.2) is 15.1 Å². The smallest absolute Gasteiger partial charge is 0.159 e. The van der Waals surface area contributed by atoms with Crippen molar-refractivity contribution in [1.29, 1.82) is 0 Å². The Labute approximate surface area is 71.5 Å². The predicted molar refractivity (Wildman–Crippen MR) is 44.3 cm³/mol. The monoisotopic (exact) mass is 164 g/mol. The molecule has 1 fully saturated rings. The molecule has 1 atom stereocenters. The van der Waals surface area contributed by atoms with Crippen molar-refractivity contribution in [1.82, 2.24) is 9.97 Å². The van der Waals surface area contributed by atoms with Gasteiger partial charge in [0.05, 0.1) is 0 Å². The summed E-state index contributed by atoms with van der Waals surface area (Å²) in [5.41, 5.74) is -0.818. The summed E-state index contributed by atoms with van der Waals surface area (Å²) in [5.74, 6) is 0.910. The van der Waals surface area contributed by atoms with Crippen molar-refractivity contribution in [2.45, 2.75) is 25.4 Å². The summed E-state index contributed by atoms with van der Waals surface area (Å²) in [4.78, 5) is 8.10. The maximum atomic E-state index is 10.0. The number of hydrogen-bond acceptors (Lipinski definition) is 3. The Bertz CT molecular complexity index is 267. The number of hydrogen-bond donors (Lipinski definition) is 1. The molecule has 64 valence electrons. The summed E-state index contributed by atoms with van der Waals surface area (Å²) in [6.45, 7) is 1.79. The van der Waals surface area contributed by atoms with Crippen LogP contribution in [0.15, 0.2) is 18.5 Å². The molecule has 0 saturated heterocycles. The second kappa shape index (κ2) is 2.52. The van der Waals surface area contributed by atoms with Gasteiger partial charge in [0.15, 0.2) is 5.82 Å². The Morgan fingerprint density at radius 3 is 2.50 bits per heavy atom. The summed E-state index contributed by atoms with van der Waals surface area (Å²) in [5, 5.41) is 10.0. The number of rotatable bonds is 2. The van der Waals surface area contributed by atoms with Crippen LogP contribution < -0.4 is 0 Å². The lowest BCUT2D eigenvalue weighted by molar-refractivity contribution is 0.0238. The first-order valence-corrected chi connectivity index (χ1v) is 4.21. The fourth-order valence-electron chi connectivity index (χ4n) is 1.39. The molecule has 0 amide bonds. The Morgan fingerprint density at radius 1 is 1.42 bits per heavy atom. The quantitative estimate of drug-likeness (QED) is 0.711. The van der Waals surface area contributed by atoms with Crippen LogP contribution in [0.1, 0.15) is 25.6 Å². The third-order valence-electron chi connectivity index (χ3n) is 2.39. The topological polar surface area (TPSA) is 46.0 Å². The molecule has 1 aromatic heterocycles. The van der Waals surface area contributed by atoms with Crippen molar-refractivity contribution < 1.29 is 5.11 Å². The first kappa shape index (κ1) is 7.68. The zero-order chi connectivity index (χ0) is 8.60. The first-order chi connectivity index (χ1) is 5.71. The molecule has 0 radical (unpaired) electrons. The fraction of sp³-hybridized carbons (Fsp3) is 0.556. The van der Waals surface area contributed by atoms with Crippen molar-refractivity contribution >= 4 is 0 Å². The normalized spacial score (nSPS) is 21.8. The van der Waals surface area contributed by atoms with Crippen molar-refractivity contribution in [3.05, 3.63) is 24.3 Å². The molecule has 1 heterocycles. The van der Waals surface area contributed by atoms with Crippen LogP contribution in [0.2, 0.25) is 0 Å². The Morgan fingerprint density at radius 2 is 2.00 bits per heavy atom. The van der Waals surface area contributed by atoms with Crippen LogP contribution in [0.25, 0.3) is 0 Å². The molecule has 1 unspecified atom stereocenters. The van der Waals surface area contributed by atoms with Gasteiger partial charge < -0.3 is 5.11 Å². The highest BCUT2D eigenvalue weighted by Crippen LogP contribution is 2.43. The van der Waals surface area contributed by atoms with Crippen molar-refractivity contribution in [2.75, 3.05) is 0 Å². The van der Waals surface area contributed by atoms with E-state index in [0.717, 1.165) is 12.8 Å². The van der Waals surface area contributed by atoms with Crippen molar-refractivity contribution in [3.63, 3.8) is 0 Å². The SMILES string of the molecule is CC(O)(c1ncccn1)C1CC1. The van der Waals surface area contributed by atoms with Gasteiger partial charge >= 0.3 is 0 Å². The summed E-state index contributed by atoms with van der Waals surface area (Å²) < 4.78 is 0. The number of aliphatic hydroxyl groups is 1. The van der Waals surface area contributed by atoms with E-state index < -0.39 is 5.60 Å². The molecule has 1 aromatic rings. The van der Waals surface area contributed by atoms with Gasteiger partial charge in [-0.3, -0.25) is 0 Å². The van der Waals surface area contributed by atoms with Crippen LogP contribution in [0.3, 0.4) is 0 Å². The largest absolute Gasteiger partial charge is 0.382 e. The molecule has 1 aliphatic rings. The minimum absolute atomic E-state index is 0.361. The van der Waals surface area contributed by atoms with Gasteiger partial charge in [0, 0.05) is 12.4 Å². The molecule has 0 aromatic carbocycles. The van der Waals surface area contributed by atoms with Gasteiger partial charge in [-0.05, 0) is 31.7 Å². The molecule has 1 saturated carbocycles. The number of nitrogens with zero attached hydrogens (tertiary/aromatic N) is 2. The van der Waals surface area contributed by atoms with E-state index in [9.17, 15) is 5.11 Å². The molecular formula is C9H12N2O. The predicted octanol–water partition coefficient (Wildman–Crippen LogP) is 1.09. The molecule has 0 bridgehead atoms. The summed E-state index contributed by atoms with van der Waals surface area (Å²) in [6, 6.07) is 1.76. The van der Waals surface area contributed by atoms with E-state index in [1.807, 2.05) is 0 Å². The standard InChI is InChI=1S/C9H12N2O/c1-9(12,7-3-4-7)8-10-5-2-6-11-8/h2,5-7,12H,3-4H2,1H3. The average molecular weight is 164 g/mol. The van der Waals surface area contributed by atoms with Gasteiger partial charge in [0.25, 0.3) is 0 Å². The summed E-state index contributed by atoms with van der Waals surface area (Å²) in [7, 11) is 0. The van der Waals surface area contributed by atoms with E-state index in [1.165, 1.54) is 0 Å². The molecule has 0 spiro atoms. The van der Waals surface area contributed by atoms with Crippen LogP contribution in [0.5, 0.6) is 0 Å². The third-order valence-corrected chi connectivity index (χ3v) is 2.39. The minimum Gasteiger partial charge on any atom is -0.382 e. The minimum atomic E-state index is -0.818. The first-order valence-electron chi connectivity index (χ1n) is 4.21. The van der Waals surface area contributed by atoms with Gasteiger partial charge in [-0.2, -0.15) is 0 Å². The van der Waals surface area contributed by atoms with E-state index in [-0.39, 0.29) is 0 Å². The third kappa shape index (κ3) is 1.20. The van der Waals surface area contributed by atoms with E-state index in [4.69, 9.17) is 0 Å². The average Bonchev–Trinajstić information content (AvgIpc) is 2.88. The molecule has 12 heavy (non-hydrogen) atoms. The van der Waals surface area contributed by atoms with E-state index in [0.29, 0.717) is 11.7 Å². The lowest BCUT2D eigenvalue weighted by Gasteiger charge is -2.20. The van der Waals surface area contributed by atoms with Crippen LogP contribution in [-0.2, 0) is 5.60 Å². The van der Waals surface area contributed by atoms with Gasteiger partial charge in [0.1, 0.15) is 5.60 Å². The van der Waals surface area contributed by atoms with E-state index in [1.54, 1.807) is 25.4 Å². The second-order valence-corrected chi connectivity index (χ2v) is 3.49. The highest BCUT2D eigenvalue weighted by atomic mass is 16.3. The van der Waals surface area contributed by atoms with Gasteiger partial charge in [-0.15, -0.1) is 0 Å². The maximum Gasteiger partial charge on any atom is 0.159 e. The van der Waals surface area contributed by atoms with Crippen molar-refractivity contribution in [2.24, 2.45) is 5.92 Å². The van der Waals surface area contributed by atoms with Gasteiger partial charge in [-0.25, -0.2) is 9.97 Å². The van der Waals surface area contributed by atoms with Gasteiger partial charge in [-0.1, -0.05) is 0 Å². The lowest BCUT2D eigenvalue weighted by atomic mass is 10.00. The number of aromatic nitrogens is 2. The molecule has 2 rings (SSSR count). The zero-order valence-electron chi connectivity index (χ0n) is 7.07. The molecule has 1 aliphatic carbocycles. The second-order valence-electron chi connectivity index (χ2n) is 3.49. The Kier molecular flexibility index (Phi) is 1.61.